The number of aromatic amines is 2. The number of nitrogens with one attached hydrogen (secondary N) is 2. The van der Waals surface area contributed by atoms with Gasteiger partial charge in [0.25, 0.3) is 5.56 Å². The maximum Gasteiger partial charge on any atom is 0.275 e. The Balaban J connectivity index is 1.99. The smallest absolute Gasteiger partial charge is 0.275 e. The molecule has 0 aromatic carbocycles. The number of nitrogens with zero attached hydrogens (tertiary/aromatic N) is 1. The van der Waals surface area contributed by atoms with Gasteiger partial charge in [-0.2, -0.15) is 11.8 Å². The average molecular weight is 297 g/mol. The molecule has 7 nitrogen and oxygen atoms in total. The molecule has 0 spiro atoms. The van der Waals surface area contributed by atoms with Gasteiger partial charge in [0.1, 0.15) is 35.3 Å². The quantitative estimate of drug-likeness (QED) is 0.464. The lowest BCUT2D eigenvalue weighted by Crippen LogP contribution is -2.89. The standard InChI is InChI=1S/C12H16N4O3S/c1-20-3-6-10(17)11(18)8(16-6)5-2-13-9-7(5)14-4-15-12(9)19/h2,4,6,8,10-11,13,16-18H,3H2,1H3,(H,14,15,19)/p+1/t6-,8+,10-,11+/m1/s1. The molecule has 0 amide bonds. The Morgan fingerprint density at radius 1 is 1.40 bits per heavy atom. The third kappa shape index (κ3) is 2.05. The van der Waals surface area contributed by atoms with Gasteiger partial charge < -0.3 is 25.5 Å². The molecule has 3 rings (SSSR count). The number of hydrogen-bond acceptors (Lipinski definition) is 5. The Morgan fingerprint density at radius 3 is 2.95 bits per heavy atom. The molecule has 1 fully saturated rings. The van der Waals surface area contributed by atoms with E-state index in [1.54, 1.807) is 18.0 Å². The molecule has 0 bridgehead atoms. The summed E-state index contributed by atoms with van der Waals surface area (Å²) >= 11 is 1.63. The molecule has 2 aromatic heterocycles. The second kappa shape index (κ2) is 5.21. The van der Waals surface area contributed by atoms with Gasteiger partial charge >= 0.3 is 0 Å². The van der Waals surface area contributed by atoms with Gasteiger partial charge in [0, 0.05) is 11.9 Å². The van der Waals surface area contributed by atoms with Crippen LogP contribution in [0, 0.1) is 0 Å². The summed E-state index contributed by atoms with van der Waals surface area (Å²) < 4.78 is 0. The Bertz CT molecular complexity index is 670. The van der Waals surface area contributed by atoms with Crippen LogP contribution in [-0.4, -0.2) is 55.4 Å². The molecule has 0 saturated carbocycles. The molecule has 108 valence electrons. The summed E-state index contributed by atoms with van der Waals surface area (Å²) in [5.74, 6) is 0.755. The van der Waals surface area contributed by atoms with E-state index >= 15 is 0 Å². The van der Waals surface area contributed by atoms with Gasteiger partial charge in [0.15, 0.2) is 0 Å². The van der Waals surface area contributed by atoms with E-state index in [0.29, 0.717) is 11.0 Å². The molecule has 6 N–H and O–H groups in total. The van der Waals surface area contributed by atoms with Gasteiger partial charge in [-0.1, -0.05) is 0 Å². The number of H-pyrrole nitrogens is 2. The fraction of sp³-hybridized carbons (Fsp3) is 0.500. The Labute approximate surface area is 118 Å². The number of aromatic nitrogens is 3. The van der Waals surface area contributed by atoms with E-state index in [1.165, 1.54) is 6.33 Å². The number of thioether (sulfide) groups is 1. The first kappa shape index (κ1) is 13.6. The lowest BCUT2D eigenvalue weighted by atomic mass is 10.0. The van der Waals surface area contributed by atoms with E-state index in [4.69, 9.17) is 0 Å². The SMILES string of the molecule is CSC[C@H]1[NH2+][C@@H](c2c[nH]c3c(=O)[nH]cnc23)[C@H](O)[C@@H]1O. The molecule has 8 heteroatoms. The number of hydrogen-bond donors (Lipinski definition) is 5. The molecule has 0 unspecified atom stereocenters. The molecule has 3 heterocycles. The van der Waals surface area contributed by atoms with Crippen LogP contribution in [0.5, 0.6) is 0 Å². The zero-order valence-corrected chi connectivity index (χ0v) is 11.7. The second-order valence-electron chi connectivity index (χ2n) is 5.02. The third-order valence-corrected chi connectivity index (χ3v) is 4.55. The minimum absolute atomic E-state index is 0.0584. The van der Waals surface area contributed by atoms with Gasteiger partial charge in [-0.3, -0.25) is 4.79 Å². The van der Waals surface area contributed by atoms with Crippen LogP contribution in [0.3, 0.4) is 0 Å². The fourth-order valence-corrected chi connectivity index (χ4v) is 3.51. The van der Waals surface area contributed by atoms with Crippen molar-refractivity contribution in [2.75, 3.05) is 12.0 Å². The van der Waals surface area contributed by atoms with E-state index in [1.807, 2.05) is 11.6 Å². The predicted molar refractivity (Wildman–Crippen MR) is 75.6 cm³/mol. The molecule has 0 radical (unpaired) electrons. The van der Waals surface area contributed by atoms with E-state index in [2.05, 4.69) is 15.0 Å². The highest BCUT2D eigenvalue weighted by atomic mass is 32.2. The highest BCUT2D eigenvalue weighted by Gasteiger charge is 2.46. The van der Waals surface area contributed by atoms with Crippen LogP contribution in [0.25, 0.3) is 11.0 Å². The summed E-state index contributed by atoms with van der Waals surface area (Å²) in [5.41, 5.74) is 1.45. The van der Waals surface area contributed by atoms with Crippen molar-refractivity contribution in [2.45, 2.75) is 24.3 Å². The number of nitrogens with two attached hydrogens (primary N) is 1. The van der Waals surface area contributed by atoms with Gasteiger partial charge in [-0.15, -0.1) is 0 Å². The van der Waals surface area contributed by atoms with Crippen molar-refractivity contribution in [3.05, 3.63) is 28.4 Å². The minimum Gasteiger partial charge on any atom is -0.384 e. The number of aliphatic hydroxyl groups is 2. The topological polar surface area (TPSA) is 119 Å². The Morgan fingerprint density at radius 2 is 2.20 bits per heavy atom. The molecule has 4 atom stereocenters. The van der Waals surface area contributed by atoms with Gasteiger partial charge in [-0.25, -0.2) is 4.98 Å². The summed E-state index contributed by atoms with van der Waals surface area (Å²) in [7, 11) is 0. The van der Waals surface area contributed by atoms with Gasteiger partial charge in [-0.05, 0) is 6.26 Å². The maximum absolute atomic E-state index is 11.7. The molecular weight excluding hydrogens is 280 g/mol. The van der Waals surface area contributed by atoms with Crippen molar-refractivity contribution in [3.63, 3.8) is 0 Å². The van der Waals surface area contributed by atoms with Crippen LogP contribution in [0.4, 0.5) is 0 Å². The van der Waals surface area contributed by atoms with Crippen LogP contribution in [0.2, 0.25) is 0 Å². The average Bonchev–Trinajstić information content (AvgIpc) is 2.97. The van der Waals surface area contributed by atoms with E-state index < -0.39 is 12.2 Å². The summed E-state index contributed by atoms with van der Waals surface area (Å²) in [5, 5.41) is 22.3. The monoisotopic (exact) mass is 297 g/mol. The summed E-state index contributed by atoms with van der Waals surface area (Å²) in [6.07, 6.45) is 3.35. The van der Waals surface area contributed by atoms with Crippen molar-refractivity contribution in [2.24, 2.45) is 0 Å². The fourth-order valence-electron chi connectivity index (χ4n) is 2.82. The number of aliphatic hydroxyl groups excluding tert-OH is 2. The molecule has 0 aliphatic carbocycles. The van der Waals surface area contributed by atoms with Crippen LogP contribution in [-0.2, 0) is 0 Å². The first-order valence-corrected chi connectivity index (χ1v) is 7.77. The maximum atomic E-state index is 11.7. The molecule has 1 aliphatic heterocycles. The number of quaternary nitrogens is 1. The van der Waals surface area contributed by atoms with E-state index in [0.717, 1.165) is 11.3 Å². The summed E-state index contributed by atoms with van der Waals surface area (Å²) in [6, 6.07) is -0.373. The highest BCUT2D eigenvalue weighted by Crippen LogP contribution is 2.26. The first-order chi connectivity index (χ1) is 9.63. The zero-order valence-electron chi connectivity index (χ0n) is 10.9. The van der Waals surface area contributed by atoms with Crippen LogP contribution in [0.1, 0.15) is 11.6 Å². The van der Waals surface area contributed by atoms with Crippen molar-refractivity contribution < 1.29 is 15.5 Å². The number of fused-ring (bicyclic) bond motifs is 1. The molecule has 20 heavy (non-hydrogen) atoms. The summed E-state index contributed by atoms with van der Waals surface area (Å²) in [4.78, 5) is 21.2. The van der Waals surface area contributed by atoms with Gasteiger partial charge in [0.2, 0.25) is 0 Å². The lowest BCUT2D eigenvalue weighted by molar-refractivity contribution is -0.708. The predicted octanol–water partition coefficient (Wildman–Crippen LogP) is -1.68. The van der Waals surface area contributed by atoms with Crippen LogP contribution in [0.15, 0.2) is 17.3 Å². The van der Waals surface area contributed by atoms with Crippen LogP contribution >= 0.6 is 11.8 Å². The molecule has 2 aromatic rings. The minimum atomic E-state index is -0.868. The van der Waals surface area contributed by atoms with Gasteiger partial charge in [0.05, 0.1) is 11.9 Å². The highest BCUT2D eigenvalue weighted by molar-refractivity contribution is 7.98. The number of rotatable bonds is 3. The Hall–Kier alpha value is -1.35. The third-order valence-electron chi connectivity index (χ3n) is 3.83. The van der Waals surface area contributed by atoms with E-state index in [9.17, 15) is 15.0 Å². The second-order valence-corrected chi connectivity index (χ2v) is 5.93. The van der Waals surface area contributed by atoms with Crippen molar-refractivity contribution in [1.82, 2.24) is 15.0 Å². The first-order valence-electron chi connectivity index (χ1n) is 6.38. The summed E-state index contributed by atoms with van der Waals surface area (Å²) in [6.45, 7) is 0. The zero-order chi connectivity index (χ0) is 14.3. The van der Waals surface area contributed by atoms with Crippen molar-refractivity contribution in [1.29, 1.82) is 0 Å². The van der Waals surface area contributed by atoms with Crippen molar-refractivity contribution in [3.8, 4) is 0 Å². The van der Waals surface area contributed by atoms with Crippen LogP contribution < -0.4 is 10.9 Å². The lowest BCUT2D eigenvalue weighted by Gasteiger charge is -2.10. The largest absolute Gasteiger partial charge is 0.384 e. The molecular formula is C12H17N4O3S+. The van der Waals surface area contributed by atoms with Crippen molar-refractivity contribution >= 4 is 22.8 Å². The Kier molecular flexibility index (Phi) is 3.55. The molecule has 1 saturated heterocycles. The van der Waals surface area contributed by atoms with E-state index in [-0.39, 0.29) is 17.6 Å². The molecule has 1 aliphatic rings. The normalized spacial score (nSPS) is 30.1.